The van der Waals surface area contributed by atoms with E-state index in [1.54, 1.807) is 0 Å². The summed E-state index contributed by atoms with van der Waals surface area (Å²) in [7, 11) is 0. The van der Waals surface area contributed by atoms with E-state index in [2.05, 4.69) is 6.07 Å². The van der Waals surface area contributed by atoms with Crippen molar-refractivity contribution in [3.63, 3.8) is 0 Å². The summed E-state index contributed by atoms with van der Waals surface area (Å²) >= 11 is 0. The third-order valence-corrected chi connectivity index (χ3v) is 3.08. The van der Waals surface area contributed by atoms with Crippen molar-refractivity contribution in [3.05, 3.63) is 35.9 Å². The van der Waals surface area contributed by atoms with E-state index in [0.717, 1.165) is 12.0 Å². The molecule has 0 fully saturated rings. The number of rotatable bonds is 4. The molecule has 2 nitrogen and oxygen atoms in total. The molecule has 0 aliphatic rings. The number of carbonyl (C=O) groups excluding carboxylic acids is 1. The maximum atomic E-state index is 12.2. The topological polar surface area (TPSA) is 40.9 Å². The largest absolute Gasteiger partial charge is 0.297 e. The second-order valence-electron chi connectivity index (χ2n) is 4.57. The lowest BCUT2D eigenvalue weighted by Gasteiger charge is -2.23. The van der Waals surface area contributed by atoms with Gasteiger partial charge in [-0.15, -0.1) is 0 Å². The van der Waals surface area contributed by atoms with Crippen molar-refractivity contribution in [1.29, 1.82) is 5.26 Å². The van der Waals surface area contributed by atoms with E-state index in [-0.39, 0.29) is 5.78 Å². The number of nitriles is 1. The van der Waals surface area contributed by atoms with Crippen LogP contribution in [0.1, 0.15) is 38.7 Å². The van der Waals surface area contributed by atoms with Gasteiger partial charge in [0.2, 0.25) is 0 Å². The fraction of sp³-hybridized carbons (Fsp3) is 0.429. The molecule has 0 amide bonds. The number of hydrogen-bond acceptors (Lipinski definition) is 2. The van der Waals surface area contributed by atoms with E-state index in [1.807, 2.05) is 51.1 Å². The lowest BCUT2D eigenvalue weighted by molar-refractivity contribution is -0.127. The summed E-state index contributed by atoms with van der Waals surface area (Å²) < 4.78 is 0. The van der Waals surface area contributed by atoms with Gasteiger partial charge < -0.3 is 0 Å². The van der Waals surface area contributed by atoms with Crippen LogP contribution in [0.4, 0.5) is 0 Å². The number of nitrogens with zero attached hydrogens (tertiary/aromatic N) is 1. The molecule has 1 rings (SSSR count). The standard InChI is InChI=1S/C14H17NO/c1-4-14(2,3)13(16)12(10-15)11-8-6-5-7-9-11/h5-9,12H,4H2,1-3H3. The Balaban J connectivity index is 3.03. The number of benzene rings is 1. The predicted octanol–water partition coefficient (Wildman–Crippen LogP) is 3.30. The summed E-state index contributed by atoms with van der Waals surface area (Å²) in [6, 6.07) is 11.4. The zero-order chi connectivity index (χ0) is 12.2. The monoisotopic (exact) mass is 215 g/mol. The molecule has 0 bridgehead atoms. The lowest BCUT2D eigenvalue weighted by Crippen LogP contribution is -2.28. The molecular weight excluding hydrogens is 198 g/mol. The number of Topliss-reactive ketones (excluding diaryl/α,β-unsaturated/α-hetero) is 1. The van der Waals surface area contributed by atoms with Crippen LogP contribution < -0.4 is 0 Å². The number of hydrogen-bond donors (Lipinski definition) is 0. The highest BCUT2D eigenvalue weighted by molar-refractivity contribution is 5.92. The first-order valence-electron chi connectivity index (χ1n) is 5.52. The molecule has 1 aromatic rings. The van der Waals surface area contributed by atoms with E-state index in [0.29, 0.717) is 0 Å². The Hall–Kier alpha value is -1.62. The molecular formula is C14H17NO. The highest BCUT2D eigenvalue weighted by Crippen LogP contribution is 2.29. The average molecular weight is 215 g/mol. The van der Waals surface area contributed by atoms with Crippen molar-refractivity contribution < 1.29 is 4.79 Å². The van der Waals surface area contributed by atoms with E-state index >= 15 is 0 Å². The molecule has 0 heterocycles. The SMILES string of the molecule is CCC(C)(C)C(=O)C(C#N)c1ccccc1. The van der Waals surface area contributed by atoms with E-state index in [4.69, 9.17) is 5.26 Å². The highest BCUT2D eigenvalue weighted by atomic mass is 16.1. The summed E-state index contributed by atoms with van der Waals surface area (Å²) in [5.41, 5.74) is 0.354. The smallest absolute Gasteiger partial charge is 0.160 e. The van der Waals surface area contributed by atoms with Crippen molar-refractivity contribution in [1.82, 2.24) is 0 Å². The van der Waals surface area contributed by atoms with Crippen molar-refractivity contribution in [2.45, 2.75) is 33.1 Å². The van der Waals surface area contributed by atoms with Crippen LogP contribution in [0.2, 0.25) is 0 Å². The molecule has 0 radical (unpaired) electrons. The van der Waals surface area contributed by atoms with Crippen LogP contribution in [0.3, 0.4) is 0 Å². The Morgan fingerprint density at radius 2 is 1.94 bits per heavy atom. The molecule has 0 N–H and O–H groups in total. The van der Waals surface area contributed by atoms with Crippen LogP contribution in [-0.4, -0.2) is 5.78 Å². The molecule has 2 heteroatoms. The minimum atomic E-state index is -0.642. The zero-order valence-corrected chi connectivity index (χ0v) is 10.0. The van der Waals surface area contributed by atoms with Gasteiger partial charge in [-0.2, -0.15) is 5.26 Å². The van der Waals surface area contributed by atoms with Gasteiger partial charge >= 0.3 is 0 Å². The maximum absolute atomic E-state index is 12.2. The van der Waals surface area contributed by atoms with Crippen LogP contribution in [0.5, 0.6) is 0 Å². The molecule has 1 unspecified atom stereocenters. The molecule has 1 aromatic carbocycles. The van der Waals surface area contributed by atoms with Gasteiger partial charge in [0, 0.05) is 5.41 Å². The second kappa shape index (κ2) is 4.94. The summed E-state index contributed by atoms with van der Waals surface area (Å²) in [4.78, 5) is 12.2. The maximum Gasteiger partial charge on any atom is 0.160 e. The van der Waals surface area contributed by atoms with Gasteiger partial charge in [-0.05, 0) is 12.0 Å². The Morgan fingerprint density at radius 3 is 2.38 bits per heavy atom. The summed E-state index contributed by atoms with van der Waals surface area (Å²) in [5, 5.41) is 9.14. The molecule has 0 aromatic heterocycles. The number of ketones is 1. The van der Waals surface area contributed by atoms with E-state index in [1.165, 1.54) is 0 Å². The van der Waals surface area contributed by atoms with Crippen molar-refractivity contribution in [2.75, 3.05) is 0 Å². The first kappa shape index (κ1) is 12.4. The van der Waals surface area contributed by atoms with Gasteiger partial charge in [0.1, 0.15) is 5.92 Å². The third kappa shape index (κ3) is 2.49. The summed E-state index contributed by atoms with van der Waals surface area (Å²) in [6.45, 7) is 5.75. The van der Waals surface area contributed by atoms with E-state index in [9.17, 15) is 4.79 Å². The van der Waals surface area contributed by atoms with Gasteiger partial charge in [-0.25, -0.2) is 0 Å². The molecule has 0 aliphatic heterocycles. The van der Waals surface area contributed by atoms with Crippen LogP contribution in [0.15, 0.2) is 30.3 Å². The van der Waals surface area contributed by atoms with Crippen molar-refractivity contribution in [2.24, 2.45) is 5.41 Å². The molecule has 1 atom stereocenters. The average Bonchev–Trinajstić information content (AvgIpc) is 2.31. The van der Waals surface area contributed by atoms with Crippen LogP contribution >= 0.6 is 0 Å². The minimum Gasteiger partial charge on any atom is -0.297 e. The van der Waals surface area contributed by atoms with Crippen molar-refractivity contribution in [3.8, 4) is 6.07 Å². The summed E-state index contributed by atoms with van der Waals surface area (Å²) in [6.07, 6.45) is 0.747. The second-order valence-corrected chi connectivity index (χ2v) is 4.57. The Morgan fingerprint density at radius 1 is 1.38 bits per heavy atom. The zero-order valence-electron chi connectivity index (χ0n) is 10.0. The fourth-order valence-electron chi connectivity index (χ4n) is 1.49. The Labute approximate surface area is 96.9 Å². The quantitative estimate of drug-likeness (QED) is 0.773. The molecule has 0 aliphatic carbocycles. The Bertz CT molecular complexity index is 400. The van der Waals surface area contributed by atoms with Gasteiger partial charge in [0.15, 0.2) is 5.78 Å². The molecule has 0 saturated carbocycles. The van der Waals surface area contributed by atoms with Gasteiger partial charge in [-0.1, -0.05) is 51.1 Å². The van der Waals surface area contributed by atoms with Gasteiger partial charge in [0.05, 0.1) is 6.07 Å². The predicted molar refractivity (Wildman–Crippen MR) is 63.9 cm³/mol. The Kier molecular flexibility index (Phi) is 3.84. The van der Waals surface area contributed by atoms with Gasteiger partial charge in [-0.3, -0.25) is 4.79 Å². The minimum absolute atomic E-state index is 0.00343. The van der Waals surface area contributed by atoms with Crippen molar-refractivity contribution >= 4 is 5.78 Å². The molecule has 0 saturated heterocycles. The van der Waals surface area contributed by atoms with Crippen LogP contribution in [0, 0.1) is 16.7 Å². The van der Waals surface area contributed by atoms with Gasteiger partial charge in [0.25, 0.3) is 0 Å². The molecule has 0 spiro atoms. The fourth-order valence-corrected chi connectivity index (χ4v) is 1.49. The molecule has 16 heavy (non-hydrogen) atoms. The first-order chi connectivity index (χ1) is 7.53. The normalized spacial score (nSPS) is 12.9. The lowest BCUT2D eigenvalue weighted by atomic mass is 9.77. The van der Waals surface area contributed by atoms with Crippen LogP contribution in [0.25, 0.3) is 0 Å². The van der Waals surface area contributed by atoms with E-state index < -0.39 is 11.3 Å². The number of carbonyl (C=O) groups is 1. The molecule has 84 valence electrons. The van der Waals surface area contributed by atoms with Crippen LogP contribution in [-0.2, 0) is 4.79 Å². The summed E-state index contributed by atoms with van der Waals surface area (Å²) in [5.74, 6) is -0.639. The first-order valence-corrected chi connectivity index (χ1v) is 5.52. The highest BCUT2D eigenvalue weighted by Gasteiger charge is 2.32. The third-order valence-electron chi connectivity index (χ3n) is 3.08.